The Morgan fingerprint density at radius 2 is 1.71 bits per heavy atom. The summed E-state index contributed by atoms with van der Waals surface area (Å²) < 4.78 is 0.814. The molecule has 0 bridgehead atoms. The molecule has 0 heterocycles. The summed E-state index contributed by atoms with van der Waals surface area (Å²) in [4.78, 5) is 0. The highest BCUT2D eigenvalue weighted by Gasteiger charge is 2.16. The van der Waals surface area contributed by atoms with Crippen molar-refractivity contribution in [3.05, 3.63) is 0 Å². The number of rotatable bonds is 1. The van der Waals surface area contributed by atoms with Crippen LogP contribution in [-0.2, 0) is 0 Å². The molecule has 0 saturated heterocycles. The molecule has 0 fully saturated rings. The van der Waals surface area contributed by atoms with E-state index in [0.29, 0.717) is 3.92 Å². The van der Waals surface area contributed by atoms with Crippen LogP contribution in [0.15, 0.2) is 0 Å². The van der Waals surface area contributed by atoms with E-state index in [2.05, 4.69) is 56.0 Å². The van der Waals surface area contributed by atoms with Gasteiger partial charge in [0.25, 0.3) is 0 Å². The zero-order chi connectivity index (χ0) is 6.08. The number of thiol groups is 1. The Labute approximate surface area is 64.6 Å². The van der Waals surface area contributed by atoms with Gasteiger partial charge in [-0.3, -0.25) is 0 Å². The van der Waals surface area contributed by atoms with Crippen LogP contribution in [0.4, 0.5) is 0 Å². The molecular formula is C5H11IS. The summed E-state index contributed by atoms with van der Waals surface area (Å²) in [5.74, 6) is 0. The van der Waals surface area contributed by atoms with Crippen molar-refractivity contribution in [3.8, 4) is 0 Å². The maximum Gasteiger partial charge on any atom is 0.0221 e. The van der Waals surface area contributed by atoms with Crippen LogP contribution >= 0.6 is 35.2 Å². The van der Waals surface area contributed by atoms with Gasteiger partial charge in [-0.05, 0) is 13.8 Å². The van der Waals surface area contributed by atoms with Crippen LogP contribution in [0.5, 0.6) is 0 Å². The van der Waals surface area contributed by atoms with Crippen LogP contribution < -0.4 is 0 Å². The van der Waals surface area contributed by atoms with Gasteiger partial charge in [0.15, 0.2) is 0 Å². The van der Waals surface area contributed by atoms with E-state index in [4.69, 9.17) is 0 Å². The molecule has 0 aromatic rings. The van der Waals surface area contributed by atoms with Gasteiger partial charge in [0.1, 0.15) is 0 Å². The zero-order valence-electron chi connectivity index (χ0n) is 4.90. The van der Waals surface area contributed by atoms with E-state index in [1.54, 1.807) is 0 Å². The Bertz CT molecular complexity index is 53.6. The molecule has 0 amide bonds. The smallest absolute Gasteiger partial charge is 0.0221 e. The van der Waals surface area contributed by atoms with Crippen molar-refractivity contribution in [1.82, 2.24) is 0 Å². The van der Waals surface area contributed by atoms with E-state index < -0.39 is 0 Å². The lowest BCUT2D eigenvalue weighted by atomic mass is 10.1. The predicted molar refractivity (Wildman–Crippen MR) is 46.5 cm³/mol. The number of hydrogen-bond acceptors (Lipinski definition) is 1. The molecule has 1 unspecified atom stereocenters. The average molecular weight is 230 g/mol. The number of alkyl halides is 1. The van der Waals surface area contributed by atoms with E-state index >= 15 is 0 Å². The Kier molecular flexibility index (Phi) is 2.97. The Hall–Kier alpha value is 1.08. The van der Waals surface area contributed by atoms with Crippen LogP contribution in [0.25, 0.3) is 0 Å². The van der Waals surface area contributed by atoms with Crippen LogP contribution in [0.2, 0.25) is 0 Å². The van der Waals surface area contributed by atoms with Gasteiger partial charge in [0.2, 0.25) is 0 Å². The summed E-state index contributed by atoms with van der Waals surface area (Å²) in [6.07, 6.45) is 0. The molecule has 0 aromatic heterocycles. The molecule has 0 aliphatic carbocycles. The molecule has 0 aromatic carbocycles. The van der Waals surface area contributed by atoms with Crippen LogP contribution in [0, 0.1) is 0 Å². The van der Waals surface area contributed by atoms with Crippen LogP contribution in [0.1, 0.15) is 20.8 Å². The van der Waals surface area contributed by atoms with Gasteiger partial charge in [0.05, 0.1) is 0 Å². The van der Waals surface area contributed by atoms with E-state index in [1.165, 1.54) is 0 Å². The Morgan fingerprint density at radius 3 is 1.71 bits per heavy atom. The highest BCUT2D eigenvalue weighted by molar-refractivity contribution is 14.1. The van der Waals surface area contributed by atoms with Gasteiger partial charge in [-0.25, -0.2) is 0 Å². The van der Waals surface area contributed by atoms with E-state index in [0.717, 1.165) is 0 Å². The van der Waals surface area contributed by atoms with E-state index in [9.17, 15) is 0 Å². The van der Waals surface area contributed by atoms with Crippen molar-refractivity contribution in [2.75, 3.05) is 0 Å². The molecule has 1 atom stereocenters. The quantitative estimate of drug-likeness (QED) is 0.399. The van der Waals surface area contributed by atoms with Crippen molar-refractivity contribution in [2.45, 2.75) is 29.4 Å². The van der Waals surface area contributed by atoms with Gasteiger partial charge in [-0.15, -0.1) is 0 Å². The molecule has 7 heavy (non-hydrogen) atoms. The molecular weight excluding hydrogens is 219 g/mol. The second-order valence-corrected chi connectivity index (χ2v) is 5.29. The lowest BCUT2D eigenvalue weighted by Crippen LogP contribution is -2.20. The lowest BCUT2D eigenvalue weighted by molar-refractivity contribution is 0.728. The normalized spacial score (nSPS) is 16.7. The largest absolute Gasteiger partial charge is 0.172 e. The first kappa shape index (κ1) is 8.08. The maximum absolute atomic E-state index is 4.34. The molecule has 44 valence electrons. The van der Waals surface area contributed by atoms with Crippen molar-refractivity contribution >= 4 is 35.2 Å². The van der Waals surface area contributed by atoms with E-state index in [1.807, 2.05) is 0 Å². The minimum absolute atomic E-state index is 0.181. The molecule has 0 aliphatic heterocycles. The predicted octanol–water partition coefficient (Wildman–Crippen LogP) is 2.52. The van der Waals surface area contributed by atoms with Crippen molar-refractivity contribution in [1.29, 1.82) is 0 Å². The molecule has 0 N–H and O–H groups in total. The topological polar surface area (TPSA) is 0 Å². The highest BCUT2D eigenvalue weighted by atomic mass is 127. The van der Waals surface area contributed by atoms with Gasteiger partial charge in [-0.1, -0.05) is 29.5 Å². The first-order valence-corrected chi connectivity index (χ1v) is 4.00. The van der Waals surface area contributed by atoms with Crippen LogP contribution in [-0.4, -0.2) is 8.67 Å². The Balaban J connectivity index is 3.54. The lowest BCUT2D eigenvalue weighted by Gasteiger charge is -2.19. The van der Waals surface area contributed by atoms with E-state index in [-0.39, 0.29) is 4.75 Å². The monoisotopic (exact) mass is 230 g/mol. The summed E-state index contributed by atoms with van der Waals surface area (Å²) >= 11 is 6.71. The third-order valence-electron chi connectivity index (χ3n) is 0.973. The molecule has 0 nitrogen and oxygen atoms in total. The summed E-state index contributed by atoms with van der Waals surface area (Å²) in [7, 11) is 0. The minimum Gasteiger partial charge on any atom is -0.172 e. The standard InChI is InChI=1S/C5H11IS/c1-4(6)5(2,3)7/h4,7H,1-3H3. The third-order valence-corrected chi connectivity index (χ3v) is 3.41. The average Bonchev–Trinajstić information content (AvgIpc) is 1.31. The molecule has 0 saturated carbocycles. The minimum atomic E-state index is 0.181. The fourth-order valence-corrected chi connectivity index (χ4v) is 0. The summed E-state index contributed by atoms with van der Waals surface area (Å²) in [5.41, 5.74) is 0. The maximum atomic E-state index is 4.34. The first-order chi connectivity index (χ1) is 2.94. The number of hydrogen-bond donors (Lipinski definition) is 1. The summed E-state index contributed by atoms with van der Waals surface area (Å²) in [5, 5.41) is 0. The second kappa shape index (κ2) is 2.58. The molecule has 0 spiro atoms. The summed E-state index contributed by atoms with van der Waals surface area (Å²) in [6, 6.07) is 0. The van der Waals surface area contributed by atoms with Gasteiger partial charge in [-0.2, -0.15) is 12.6 Å². The zero-order valence-corrected chi connectivity index (χ0v) is 7.95. The van der Waals surface area contributed by atoms with Gasteiger partial charge >= 0.3 is 0 Å². The molecule has 0 rings (SSSR count). The van der Waals surface area contributed by atoms with Gasteiger partial charge in [0, 0.05) is 8.67 Å². The van der Waals surface area contributed by atoms with Crippen LogP contribution in [0.3, 0.4) is 0 Å². The Morgan fingerprint density at radius 1 is 1.57 bits per heavy atom. The van der Waals surface area contributed by atoms with Crippen molar-refractivity contribution < 1.29 is 0 Å². The first-order valence-electron chi connectivity index (χ1n) is 2.31. The fraction of sp³-hybridized carbons (Fsp3) is 1.00. The van der Waals surface area contributed by atoms with Crippen molar-refractivity contribution in [3.63, 3.8) is 0 Å². The third kappa shape index (κ3) is 3.64. The fourth-order valence-electron chi connectivity index (χ4n) is 0. The molecule has 0 aliphatic rings. The highest BCUT2D eigenvalue weighted by Crippen LogP contribution is 2.23. The molecule has 2 heteroatoms. The summed E-state index contributed by atoms with van der Waals surface area (Å²) in [6.45, 7) is 6.40. The van der Waals surface area contributed by atoms with Gasteiger partial charge < -0.3 is 0 Å². The molecule has 0 radical (unpaired) electrons. The second-order valence-electron chi connectivity index (χ2n) is 2.27. The van der Waals surface area contributed by atoms with Crippen molar-refractivity contribution in [2.24, 2.45) is 0 Å². The number of halogens is 1. The SMILES string of the molecule is CC(I)C(C)(C)S.